The third kappa shape index (κ3) is 3.51. The van der Waals surface area contributed by atoms with Crippen molar-refractivity contribution in [1.29, 1.82) is 0 Å². The van der Waals surface area contributed by atoms with Crippen LogP contribution >= 0.6 is 0 Å². The molecule has 0 bridgehead atoms. The lowest BCUT2D eigenvalue weighted by Crippen LogP contribution is -2.54. The average molecular weight is 377 g/mol. The van der Waals surface area contributed by atoms with Crippen molar-refractivity contribution in [2.45, 2.75) is 71.8 Å². The summed E-state index contributed by atoms with van der Waals surface area (Å²) in [6, 6.07) is 0. The normalized spacial score (nSPS) is 42.3. The van der Waals surface area contributed by atoms with E-state index >= 15 is 0 Å². The van der Waals surface area contributed by atoms with Gasteiger partial charge in [-0.15, -0.1) is 6.58 Å². The van der Waals surface area contributed by atoms with E-state index in [1.54, 1.807) is 5.57 Å². The van der Waals surface area contributed by atoms with Gasteiger partial charge in [-0.05, 0) is 68.1 Å². The van der Waals surface area contributed by atoms with Gasteiger partial charge >= 0.3 is 5.97 Å². The lowest BCUT2D eigenvalue weighted by molar-refractivity contribution is -0.173. The largest absolute Gasteiger partial charge is 0.462 e. The molecule has 3 aliphatic carbocycles. The molecule has 0 aromatic heterocycles. The molecule has 27 heavy (non-hydrogen) atoms. The fourth-order valence-electron chi connectivity index (χ4n) is 6.24. The van der Waals surface area contributed by atoms with Gasteiger partial charge in [0.15, 0.2) is 0 Å². The number of rotatable bonds is 5. The molecule has 2 saturated carbocycles. The first-order valence-electron chi connectivity index (χ1n) is 10.5. The van der Waals surface area contributed by atoms with Crippen molar-refractivity contribution in [2.24, 2.45) is 28.1 Å². The predicted octanol–water partition coefficient (Wildman–Crippen LogP) is 4.02. The summed E-state index contributed by atoms with van der Waals surface area (Å²) in [5.74, 6) is 0.591. The Labute approximate surface area is 163 Å². The summed E-state index contributed by atoms with van der Waals surface area (Å²) in [5, 5.41) is 18.5. The summed E-state index contributed by atoms with van der Waals surface area (Å²) < 4.78 is 5.43. The molecule has 4 nitrogen and oxygen atoms in total. The van der Waals surface area contributed by atoms with E-state index in [2.05, 4.69) is 39.5 Å². The molecule has 0 aromatic carbocycles. The molecule has 0 saturated heterocycles. The first-order valence-corrected chi connectivity index (χ1v) is 10.5. The molecule has 2 N–H and O–H groups in total. The maximum absolute atomic E-state index is 13.0. The van der Waals surface area contributed by atoms with Crippen LogP contribution in [0.5, 0.6) is 0 Å². The van der Waals surface area contributed by atoms with Crippen LogP contribution in [0.4, 0.5) is 0 Å². The SMILES string of the molecule is C=CC1(C)CCC2C(=CCC3C(C)(C(=O)OCC(O)CO)CCCC23C)C1. The van der Waals surface area contributed by atoms with Crippen LogP contribution in [-0.2, 0) is 9.53 Å². The van der Waals surface area contributed by atoms with Crippen molar-refractivity contribution in [1.82, 2.24) is 0 Å². The van der Waals surface area contributed by atoms with E-state index in [4.69, 9.17) is 9.84 Å². The van der Waals surface area contributed by atoms with Crippen LogP contribution in [0.15, 0.2) is 24.3 Å². The lowest BCUT2D eigenvalue weighted by Gasteiger charge is -2.58. The van der Waals surface area contributed by atoms with Crippen LogP contribution in [0.25, 0.3) is 0 Å². The Morgan fingerprint density at radius 1 is 1.37 bits per heavy atom. The van der Waals surface area contributed by atoms with Crippen molar-refractivity contribution >= 4 is 5.97 Å². The number of esters is 1. The minimum atomic E-state index is -1.000. The van der Waals surface area contributed by atoms with E-state index in [0.29, 0.717) is 5.92 Å². The molecule has 3 aliphatic rings. The highest BCUT2D eigenvalue weighted by Crippen LogP contribution is 2.63. The Morgan fingerprint density at radius 2 is 2.11 bits per heavy atom. The van der Waals surface area contributed by atoms with Gasteiger partial charge in [-0.1, -0.05) is 38.0 Å². The van der Waals surface area contributed by atoms with E-state index in [0.717, 1.165) is 44.9 Å². The second-order valence-electron chi connectivity index (χ2n) is 9.91. The Morgan fingerprint density at radius 3 is 2.78 bits per heavy atom. The number of ether oxygens (including phenoxy) is 1. The lowest BCUT2D eigenvalue weighted by atomic mass is 9.45. The standard InChI is InChI=1S/C23H36O4/c1-5-21(2)12-9-18-16(13-21)7-8-19-22(18,3)10-6-11-23(19,4)20(26)27-15-17(25)14-24/h5,7,17-19,24-25H,1,6,8-15H2,2-4H3. The third-order valence-electron chi connectivity index (χ3n) is 8.02. The van der Waals surface area contributed by atoms with Gasteiger partial charge < -0.3 is 14.9 Å². The highest BCUT2D eigenvalue weighted by Gasteiger charge is 2.58. The van der Waals surface area contributed by atoms with Gasteiger partial charge in [-0.3, -0.25) is 4.79 Å². The van der Waals surface area contributed by atoms with E-state index in [1.165, 1.54) is 0 Å². The molecule has 4 heteroatoms. The number of hydrogen-bond acceptors (Lipinski definition) is 4. The Kier molecular flexibility index (Phi) is 5.62. The Balaban J connectivity index is 1.84. The molecular formula is C23H36O4. The summed E-state index contributed by atoms with van der Waals surface area (Å²) >= 11 is 0. The summed E-state index contributed by atoms with van der Waals surface area (Å²) in [6.45, 7) is 10.3. The monoisotopic (exact) mass is 376 g/mol. The molecular weight excluding hydrogens is 340 g/mol. The Bertz CT molecular complexity index is 626. The van der Waals surface area contributed by atoms with Crippen molar-refractivity contribution in [3.8, 4) is 0 Å². The number of carbonyl (C=O) groups is 1. The maximum Gasteiger partial charge on any atom is 0.312 e. The molecule has 0 radical (unpaired) electrons. The van der Waals surface area contributed by atoms with E-state index < -0.39 is 11.5 Å². The number of hydrogen-bond donors (Lipinski definition) is 2. The van der Waals surface area contributed by atoms with Crippen LogP contribution in [0, 0.1) is 28.1 Å². The highest BCUT2D eigenvalue weighted by molar-refractivity contribution is 5.77. The van der Waals surface area contributed by atoms with Gasteiger partial charge in [0.25, 0.3) is 0 Å². The summed E-state index contributed by atoms with van der Waals surface area (Å²) in [5.41, 5.74) is 1.36. The molecule has 0 heterocycles. The minimum absolute atomic E-state index is 0.119. The quantitative estimate of drug-likeness (QED) is 0.562. The van der Waals surface area contributed by atoms with Crippen molar-refractivity contribution < 1.29 is 19.7 Å². The van der Waals surface area contributed by atoms with Gasteiger partial charge in [0.05, 0.1) is 12.0 Å². The topological polar surface area (TPSA) is 66.8 Å². The van der Waals surface area contributed by atoms with Gasteiger partial charge in [0.1, 0.15) is 12.7 Å². The summed E-state index contributed by atoms with van der Waals surface area (Å²) in [4.78, 5) is 13.0. The predicted molar refractivity (Wildman–Crippen MR) is 106 cm³/mol. The maximum atomic E-state index is 13.0. The van der Waals surface area contributed by atoms with E-state index in [1.807, 2.05) is 0 Å². The number of fused-ring (bicyclic) bond motifs is 3. The molecule has 0 amide bonds. The first kappa shape index (κ1) is 20.6. The molecule has 0 aliphatic heterocycles. The number of aliphatic hydroxyl groups excluding tert-OH is 2. The van der Waals surface area contributed by atoms with E-state index in [-0.39, 0.29) is 35.9 Å². The van der Waals surface area contributed by atoms with Gasteiger partial charge in [0.2, 0.25) is 0 Å². The van der Waals surface area contributed by atoms with Crippen LogP contribution < -0.4 is 0 Å². The van der Waals surface area contributed by atoms with Crippen LogP contribution in [0.3, 0.4) is 0 Å². The van der Waals surface area contributed by atoms with Crippen LogP contribution in [0.1, 0.15) is 65.7 Å². The number of aliphatic hydroxyl groups is 2. The van der Waals surface area contributed by atoms with Crippen molar-refractivity contribution in [2.75, 3.05) is 13.2 Å². The number of allylic oxidation sites excluding steroid dienone is 3. The molecule has 0 aromatic rings. The average Bonchev–Trinajstić information content (AvgIpc) is 2.65. The minimum Gasteiger partial charge on any atom is -0.462 e. The second-order valence-corrected chi connectivity index (χ2v) is 9.91. The highest BCUT2D eigenvalue weighted by atomic mass is 16.5. The molecule has 152 valence electrons. The first-order chi connectivity index (χ1) is 12.7. The molecule has 6 unspecified atom stereocenters. The summed E-state index contributed by atoms with van der Waals surface area (Å²) in [7, 11) is 0. The molecule has 2 fully saturated rings. The van der Waals surface area contributed by atoms with Crippen LogP contribution in [-0.4, -0.2) is 35.5 Å². The fraction of sp³-hybridized carbons (Fsp3) is 0.783. The fourth-order valence-corrected chi connectivity index (χ4v) is 6.24. The molecule has 0 spiro atoms. The second kappa shape index (κ2) is 7.36. The van der Waals surface area contributed by atoms with Crippen molar-refractivity contribution in [3.63, 3.8) is 0 Å². The zero-order valence-electron chi connectivity index (χ0n) is 17.2. The van der Waals surface area contributed by atoms with Crippen LogP contribution in [0.2, 0.25) is 0 Å². The van der Waals surface area contributed by atoms with Gasteiger partial charge in [-0.2, -0.15) is 0 Å². The molecule has 6 atom stereocenters. The summed E-state index contributed by atoms with van der Waals surface area (Å²) in [6.07, 6.45) is 10.9. The number of carbonyl (C=O) groups excluding carboxylic acids is 1. The van der Waals surface area contributed by atoms with Gasteiger partial charge in [0, 0.05) is 0 Å². The van der Waals surface area contributed by atoms with Gasteiger partial charge in [-0.25, -0.2) is 0 Å². The zero-order chi connectivity index (χ0) is 19.9. The molecule has 3 rings (SSSR count). The third-order valence-corrected chi connectivity index (χ3v) is 8.02. The van der Waals surface area contributed by atoms with E-state index in [9.17, 15) is 9.90 Å². The Hall–Kier alpha value is -1.13. The smallest absolute Gasteiger partial charge is 0.312 e. The zero-order valence-corrected chi connectivity index (χ0v) is 17.2. The van der Waals surface area contributed by atoms with Crippen molar-refractivity contribution in [3.05, 3.63) is 24.3 Å².